The fourth-order valence-corrected chi connectivity index (χ4v) is 2.11. The van der Waals surface area contributed by atoms with Crippen LogP contribution in [0.3, 0.4) is 0 Å². The topological polar surface area (TPSA) is 66.6 Å². The lowest BCUT2D eigenvalue weighted by Crippen LogP contribution is -2.43. The maximum absolute atomic E-state index is 12.1. The van der Waals surface area contributed by atoms with E-state index in [9.17, 15) is 9.59 Å². The van der Waals surface area contributed by atoms with Crippen molar-refractivity contribution in [2.24, 2.45) is 5.73 Å². The zero-order valence-corrected chi connectivity index (χ0v) is 11.5. The molecule has 102 valence electrons. The van der Waals surface area contributed by atoms with Crippen molar-refractivity contribution in [2.45, 2.75) is 25.9 Å². The van der Waals surface area contributed by atoms with E-state index in [4.69, 9.17) is 5.73 Å². The van der Waals surface area contributed by atoms with Gasteiger partial charge in [-0.1, -0.05) is 18.2 Å². The maximum atomic E-state index is 12.1. The first-order chi connectivity index (χ1) is 8.93. The number of fused-ring (bicyclic) bond motifs is 1. The SMILES string of the molecule is CC(C)N(C)C(=O)CN1C(=O)C(N)c2ccccc21. The molecule has 0 bridgehead atoms. The first-order valence-corrected chi connectivity index (χ1v) is 6.35. The zero-order valence-electron chi connectivity index (χ0n) is 11.5. The normalized spacial score (nSPS) is 17.8. The van der Waals surface area contributed by atoms with E-state index in [0.29, 0.717) is 0 Å². The number of benzene rings is 1. The molecular formula is C14H19N3O2. The molecule has 5 nitrogen and oxygen atoms in total. The highest BCUT2D eigenvalue weighted by molar-refractivity contribution is 6.07. The second-order valence-electron chi connectivity index (χ2n) is 5.06. The van der Waals surface area contributed by atoms with Crippen molar-refractivity contribution < 1.29 is 9.59 Å². The molecule has 19 heavy (non-hydrogen) atoms. The average molecular weight is 261 g/mol. The predicted octanol–water partition coefficient (Wildman–Crippen LogP) is 0.900. The first kappa shape index (κ1) is 13.5. The third-order valence-corrected chi connectivity index (χ3v) is 3.56. The van der Waals surface area contributed by atoms with Crippen LogP contribution in [0.5, 0.6) is 0 Å². The van der Waals surface area contributed by atoms with Crippen molar-refractivity contribution in [1.82, 2.24) is 4.90 Å². The predicted molar refractivity (Wildman–Crippen MR) is 73.6 cm³/mol. The molecule has 2 rings (SSSR count). The number of nitrogens with zero attached hydrogens (tertiary/aromatic N) is 2. The molecule has 0 radical (unpaired) electrons. The lowest BCUT2D eigenvalue weighted by atomic mass is 10.1. The van der Waals surface area contributed by atoms with Crippen molar-refractivity contribution in [2.75, 3.05) is 18.5 Å². The minimum atomic E-state index is -0.659. The molecule has 0 fully saturated rings. The van der Waals surface area contributed by atoms with E-state index in [1.807, 2.05) is 38.1 Å². The highest BCUT2D eigenvalue weighted by atomic mass is 16.2. The largest absolute Gasteiger partial charge is 0.342 e. The number of likely N-dealkylation sites (N-methyl/N-ethyl adjacent to an activating group) is 1. The van der Waals surface area contributed by atoms with Crippen LogP contribution < -0.4 is 10.6 Å². The lowest BCUT2D eigenvalue weighted by molar-refractivity contribution is -0.131. The smallest absolute Gasteiger partial charge is 0.249 e. The van der Waals surface area contributed by atoms with E-state index in [0.717, 1.165) is 11.3 Å². The average Bonchev–Trinajstić information content (AvgIpc) is 2.63. The van der Waals surface area contributed by atoms with Gasteiger partial charge in [-0.3, -0.25) is 9.59 Å². The summed E-state index contributed by atoms with van der Waals surface area (Å²) in [5.74, 6) is -0.307. The van der Waals surface area contributed by atoms with E-state index in [2.05, 4.69) is 0 Å². The Morgan fingerprint density at radius 3 is 2.68 bits per heavy atom. The molecular weight excluding hydrogens is 242 g/mol. The molecule has 1 aliphatic heterocycles. The quantitative estimate of drug-likeness (QED) is 0.879. The lowest BCUT2D eigenvalue weighted by Gasteiger charge is -2.25. The van der Waals surface area contributed by atoms with Crippen LogP contribution in [0, 0.1) is 0 Å². The van der Waals surface area contributed by atoms with Gasteiger partial charge in [0, 0.05) is 24.3 Å². The van der Waals surface area contributed by atoms with Crippen LogP contribution >= 0.6 is 0 Å². The number of carbonyl (C=O) groups is 2. The van der Waals surface area contributed by atoms with E-state index in [1.54, 1.807) is 11.9 Å². The van der Waals surface area contributed by atoms with Gasteiger partial charge < -0.3 is 15.5 Å². The Balaban J connectivity index is 2.22. The Hall–Kier alpha value is -1.88. The number of hydrogen-bond acceptors (Lipinski definition) is 3. The zero-order chi connectivity index (χ0) is 14.2. The fraction of sp³-hybridized carbons (Fsp3) is 0.429. The van der Waals surface area contributed by atoms with Crippen LogP contribution in [0.1, 0.15) is 25.5 Å². The van der Waals surface area contributed by atoms with Crippen molar-refractivity contribution in [1.29, 1.82) is 0 Å². The summed E-state index contributed by atoms with van der Waals surface area (Å²) in [4.78, 5) is 27.3. The molecule has 0 aromatic heterocycles. The van der Waals surface area contributed by atoms with Gasteiger partial charge in [0.1, 0.15) is 12.6 Å². The Morgan fingerprint density at radius 1 is 1.42 bits per heavy atom. The molecule has 2 N–H and O–H groups in total. The number of rotatable bonds is 3. The van der Waals surface area contributed by atoms with E-state index in [-0.39, 0.29) is 24.4 Å². The van der Waals surface area contributed by atoms with Gasteiger partial charge in [0.15, 0.2) is 0 Å². The Kier molecular flexibility index (Phi) is 3.57. The molecule has 1 heterocycles. The molecule has 0 saturated carbocycles. The second kappa shape index (κ2) is 5.01. The summed E-state index contributed by atoms with van der Waals surface area (Å²) < 4.78 is 0. The molecule has 0 saturated heterocycles. The summed E-state index contributed by atoms with van der Waals surface area (Å²) in [5.41, 5.74) is 7.40. The summed E-state index contributed by atoms with van der Waals surface area (Å²) >= 11 is 0. The summed E-state index contributed by atoms with van der Waals surface area (Å²) in [7, 11) is 1.74. The highest BCUT2D eigenvalue weighted by Gasteiger charge is 2.35. The number of carbonyl (C=O) groups excluding carboxylic acids is 2. The summed E-state index contributed by atoms with van der Waals surface area (Å²) in [6, 6.07) is 6.78. The Bertz CT molecular complexity index is 513. The van der Waals surface area contributed by atoms with Crippen LogP contribution in [0.4, 0.5) is 5.69 Å². The van der Waals surface area contributed by atoms with Gasteiger partial charge in [-0.15, -0.1) is 0 Å². The Labute approximate surface area is 113 Å². The van der Waals surface area contributed by atoms with Crippen molar-refractivity contribution >= 4 is 17.5 Å². The summed E-state index contributed by atoms with van der Waals surface area (Å²) in [6.07, 6.45) is 0. The second-order valence-corrected chi connectivity index (χ2v) is 5.06. The molecule has 0 spiro atoms. The van der Waals surface area contributed by atoms with Crippen LogP contribution in [0.25, 0.3) is 0 Å². The molecule has 1 aliphatic rings. The maximum Gasteiger partial charge on any atom is 0.249 e. The molecule has 1 aromatic rings. The fourth-order valence-electron chi connectivity index (χ4n) is 2.11. The van der Waals surface area contributed by atoms with E-state index < -0.39 is 6.04 Å². The third-order valence-electron chi connectivity index (χ3n) is 3.56. The van der Waals surface area contributed by atoms with E-state index in [1.165, 1.54) is 4.90 Å². The molecule has 2 amide bonds. The highest BCUT2D eigenvalue weighted by Crippen LogP contribution is 2.33. The minimum absolute atomic E-state index is 0.0399. The van der Waals surface area contributed by atoms with Gasteiger partial charge in [0.05, 0.1) is 0 Å². The minimum Gasteiger partial charge on any atom is -0.342 e. The first-order valence-electron chi connectivity index (χ1n) is 6.35. The van der Waals surface area contributed by atoms with Crippen LogP contribution in [-0.4, -0.2) is 36.3 Å². The van der Waals surface area contributed by atoms with Gasteiger partial charge in [-0.05, 0) is 19.9 Å². The van der Waals surface area contributed by atoms with Crippen molar-refractivity contribution in [3.05, 3.63) is 29.8 Å². The van der Waals surface area contributed by atoms with Gasteiger partial charge in [0.2, 0.25) is 11.8 Å². The standard InChI is InChI=1S/C14H19N3O2/c1-9(2)16(3)12(18)8-17-11-7-5-4-6-10(11)13(15)14(17)19/h4-7,9,13H,8,15H2,1-3H3. The van der Waals surface area contributed by atoms with Gasteiger partial charge >= 0.3 is 0 Å². The Morgan fingerprint density at radius 2 is 2.05 bits per heavy atom. The van der Waals surface area contributed by atoms with Crippen molar-refractivity contribution in [3.8, 4) is 0 Å². The summed E-state index contributed by atoms with van der Waals surface area (Å²) in [6.45, 7) is 3.91. The number of hydrogen-bond donors (Lipinski definition) is 1. The number of anilines is 1. The van der Waals surface area contributed by atoms with Gasteiger partial charge in [-0.25, -0.2) is 0 Å². The van der Waals surface area contributed by atoms with Crippen LogP contribution in [-0.2, 0) is 9.59 Å². The number of amides is 2. The van der Waals surface area contributed by atoms with Gasteiger partial charge in [-0.2, -0.15) is 0 Å². The van der Waals surface area contributed by atoms with Crippen molar-refractivity contribution in [3.63, 3.8) is 0 Å². The van der Waals surface area contributed by atoms with Gasteiger partial charge in [0.25, 0.3) is 0 Å². The summed E-state index contributed by atoms with van der Waals surface area (Å²) in [5, 5.41) is 0. The third kappa shape index (κ3) is 2.33. The molecule has 5 heteroatoms. The van der Waals surface area contributed by atoms with E-state index >= 15 is 0 Å². The van der Waals surface area contributed by atoms with Crippen LogP contribution in [0.15, 0.2) is 24.3 Å². The molecule has 0 aliphatic carbocycles. The molecule has 1 aromatic carbocycles. The molecule has 1 unspecified atom stereocenters. The number of nitrogens with two attached hydrogens (primary N) is 1. The molecule has 1 atom stereocenters. The monoisotopic (exact) mass is 261 g/mol. The number of para-hydroxylation sites is 1. The van der Waals surface area contributed by atoms with Crippen LogP contribution in [0.2, 0.25) is 0 Å².